The molecule has 1 aliphatic carbocycles. The lowest BCUT2D eigenvalue weighted by atomic mass is 9.61. The molecule has 3 atom stereocenters. The molecule has 0 aromatic heterocycles. The average Bonchev–Trinajstić information content (AvgIpc) is 2.39. The summed E-state index contributed by atoms with van der Waals surface area (Å²) in [4.78, 5) is 0. The van der Waals surface area contributed by atoms with E-state index < -0.39 is 0 Å². The van der Waals surface area contributed by atoms with Crippen LogP contribution in [0, 0.1) is 5.41 Å². The van der Waals surface area contributed by atoms with Gasteiger partial charge in [0, 0.05) is 23.8 Å². The van der Waals surface area contributed by atoms with Crippen molar-refractivity contribution in [1.29, 1.82) is 0 Å². The maximum absolute atomic E-state index is 9.28. The van der Waals surface area contributed by atoms with Crippen LogP contribution in [0.5, 0.6) is 5.75 Å². The minimum absolute atomic E-state index is 0.202. The predicted octanol–water partition coefficient (Wildman–Crippen LogP) is 3.40. The lowest BCUT2D eigenvalue weighted by Crippen LogP contribution is -2.59. The van der Waals surface area contributed by atoms with Gasteiger partial charge in [-0.25, -0.2) is 0 Å². The number of phenols is 1. The quantitative estimate of drug-likeness (QED) is 0.786. The van der Waals surface area contributed by atoms with Crippen molar-refractivity contribution in [1.82, 2.24) is 0 Å². The van der Waals surface area contributed by atoms with Gasteiger partial charge < -0.3 is 15.2 Å². The third kappa shape index (κ3) is 2.32. The van der Waals surface area contributed by atoms with Crippen LogP contribution in [-0.2, 0) is 4.74 Å². The second-order valence-electron chi connectivity index (χ2n) is 5.28. The van der Waals surface area contributed by atoms with Gasteiger partial charge in [0.05, 0.1) is 6.10 Å². The molecule has 1 saturated carbocycles. The molecule has 0 aliphatic heterocycles. The molecule has 1 aromatic carbocycles. The first-order valence-electron chi connectivity index (χ1n) is 6.77. The van der Waals surface area contributed by atoms with Crippen molar-refractivity contribution in [3.05, 3.63) is 24.3 Å². The maximum Gasteiger partial charge on any atom is 0.115 e. The SMILES string of the molecule is CCOC1CC(Nc2ccc(O)cc2)C1(C)CC. The fraction of sp³-hybridized carbons (Fsp3) is 0.600. The topological polar surface area (TPSA) is 41.5 Å². The molecule has 3 unspecified atom stereocenters. The molecule has 18 heavy (non-hydrogen) atoms. The number of ether oxygens (including phenoxy) is 1. The van der Waals surface area contributed by atoms with Gasteiger partial charge in [-0.1, -0.05) is 13.8 Å². The number of aromatic hydroxyl groups is 1. The second kappa shape index (κ2) is 5.19. The summed E-state index contributed by atoms with van der Waals surface area (Å²) in [6.45, 7) is 7.34. The summed E-state index contributed by atoms with van der Waals surface area (Å²) in [5.74, 6) is 0.305. The third-order valence-electron chi connectivity index (χ3n) is 4.32. The molecule has 0 radical (unpaired) electrons. The molecular weight excluding hydrogens is 226 g/mol. The molecule has 3 nitrogen and oxygen atoms in total. The Morgan fingerprint density at radius 2 is 2.00 bits per heavy atom. The average molecular weight is 249 g/mol. The summed E-state index contributed by atoms with van der Waals surface area (Å²) in [6.07, 6.45) is 2.52. The van der Waals surface area contributed by atoms with E-state index in [-0.39, 0.29) is 5.41 Å². The number of hydrogen-bond donors (Lipinski definition) is 2. The normalized spacial score (nSPS) is 30.8. The van der Waals surface area contributed by atoms with Crippen LogP contribution in [0.1, 0.15) is 33.6 Å². The summed E-state index contributed by atoms with van der Waals surface area (Å²) in [5, 5.41) is 12.8. The second-order valence-corrected chi connectivity index (χ2v) is 5.28. The van der Waals surface area contributed by atoms with E-state index in [0.717, 1.165) is 25.1 Å². The van der Waals surface area contributed by atoms with Gasteiger partial charge in [-0.3, -0.25) is 0 Å². The largest absolute Gasteiger partial charge is 0.508 e. The van der Waals surface area contributed by atoms with E-state index in [1.165, 1.54) is 0 Å². The van der Waals surface area contributed by atoms with Crippen molar-refractivity contribution in [3.63, 3.8) is 0 Å². The smallest absolute Gasteiger partial charge is 0.115 e. The minimum Gasteiger partial charge on any atom is -0.508 e. The third-order valence-corrected chi connectivity index (χ3v) is 4.32. The highest BCUT2D eigenvalue weighted by Gasteiger charge is 2.51. The Morgan fingerprint density at radius 1 is 1.33 bits per heavy atom. The molecule has 0 spiro atoms. The zero-order chi connectivity index (χ0) is 13.2. The summed E-state index contributed by atoms with van der Waals surface area (Å²) in [7, 11) is 0. The Bertz CT molecular complexity index is 390. The Balaban J connectivity index is 2.00. The van der Waals surface area contributed by atoms with E-state index in [9.17, 15) is 5.11 Å². The fourth-order valence-electron chi connectivity index (χ4n) is 2.73. The van der Waals surface area contributed by atoms with Crippen LogP contribution in [0.4, 0.5) is 5.69 Å². The Hall–Kier alpha value is -1.22. The highest BCUT2D eigenvalue weighted by molar-refractivity contribution is 5.48. The molecule has 0 saturated heterocycles. The van der Waals surface area contributed by atoms with Crippen LogP contribution in [-0.4, -0.2) is 23.9 Å². The summed E-state index contributed by atoms with van der Waals surface area (Å²) in [6, 6.07) is 7.71. The van der Waals surface area contributed by atoms with Crippen molar-refractivity contribution in [3.8, 4) is 5.75 Å². The number of phenolic OH excluding ortho intramolecular Hbond substituents is 1. The van der Waals surface area contributed by atoms with Gasteiger partial charge in [-0.2, -0.15) is 0 Å². The highest BCUT2D eigenvalue weighted by Crippen LogP contribution is 2.47. The van der Waals surface area contributed by atoms with Crippen LogP contribution in [0.3, 0.4) is 0 Å². The van der Waals surface area contributed by atoms with Crippen molar-refractivity contribution < 1.29 is 9.84 Å². The number of nitrogens with one attached hydrogen (secondary N) is 1. The zero-order valence-electron chi connectivity index (χ0n) is 11.4. The lowest BCUT2D eigenvalue weighted by Gasteiger charge is -2.54. The Labute approximate surface area is 109 Å². The molecule has 1 aromatic rings. The molecule has 3 heteroatoms. The molecule has 1 aliphatic rings. The zero-order valence-corrected chi connectivity index (χ0v) is 11.4. The van der Waals surface area contributed by atoms with Crippen molar-refractivity contribution in [2.45, 2.75) is 45.8 Å². The van der Waals surface area contributed by atoms with Gasteiger partial charge in [-0.05, 0) is 44.0 Å². The summed E-state index contributed by atoms with van der Waals surface area (Å²) < 4.78 is 5.79. The van der Waals surface area contributed by atoms with Crippen LogP contribution in [0.2, 0.25) is 0 Å². The number of hydrogen-bond acceptors (Lipinski definition) is 3. The predicted molar refractivity (Wildman–Crippen MR) is 73.9 cm³/mol. The van der Waals surface area contributed by atoms with Gasteiger partial charge in [-0.15, -0.1) is 0 Å². The first-order valence-corrected chi connectivity index (χ1v) is 6.77. The molecule has 0 heterocycles. The maximum atomic E-state index is 9.28. The van der Waals surface area contributed by atoms with Crippen molar-refractivity contribution in [2.75, 3.05) is 11.9 Å². The lowest BCUT2D eigenvalue weighted by molar-refractivity contribution is -0.109. The fourth-order valence-corrected chi connectivity index (χ4v) is 2.73. The molecule has 2 N–H and O–H groups in total. The molecular formula is C15H23NO2. The van der Waals surface area contributed by atoms with E-state index in [0.29, 0.717) is 17.9 Å². The molecule has 2 rings (SSSR count). The number of benzene rings is 1. The monoisotopic (exact) mass is 249 g/mol. The van der Waals surface area contributed by atoms with Crippen molar-refractivity contribution >= 4 is 5.69 Å². The number of anilines is 1. The summed E-state index contributed by atoms with van der Waals surface area (Å²) in [5.41, 5.74) is 1.26. The Morgan fingerprint density at radius 3 is 2.56 bits per heavy atom. The van der Waals surface area contributed by atoms with Crippen molar-refractivity contribution in [2.24, 2.45) is 5.41 Å². The van der Waals surface area contributed by atoms with Gasteiger partial charge in [0.1, 0.15) is 5.75 Å². The van der Waals surface area contributed by atoms with Gasteiger partial charge in [0.15, 0.2) is 0 Å². The van der Waals surface area contributed by atoms with E-state index in [2.05, 4.69) is 26.1 Å². The van der Waals surface area contributed by atoms with Gasteiger partial charge >= 0.3 is 0 Å². The summed E-state index contributed by atoms with van der Waals surface area (Å²) >= 11 is 0. The van der Waals surface area contributed by atoms with Crippen LogP contribution < -0.4 is 5.32 Å². The van der Waals surface area contributed by atoms with Crippen LogP contribution in [0.15, 0.2) is 24.3 Å². The van der Waals surface area contributed by atoms with E-state index >= 15 is 0 Å². The Kier molecular flexibility index (Phi) is 3.81. The van der Waals surface area contributed by atoms with Gasteiger partial charge in [0.2, 0.25) is 0 Å². The molecule has 100 valence electrons. The molecule has 1 fully saturated rings. The van der Waals surface area contributed by atoms with E-state index in [1.54, 1.807) is 12.1 Å². The van der Waals surface area contributed by atoms with Crippen LogP contribution in [0.25, 0.3) is 0 Å². The first-order chi connectivity index (χ1) is 8.60. The highest BCUT2D eigenvalue weighted by atomic mass is 16.5. The first kappa shape index (κ1) is 13.2. The van der Waals surface area contributed by atoms with Gasteiger partial charge in [0.25, 0.3) is 0 Å². The standard InChI is InChI=1S/C15H23NO2/c1-4-15(3)13(10-14(15)18-5-2)16-11-6-8-12(17)9-7-11/h6-9,13-14,16-17H,4-5,10H2,1-3H3. The minimum atomic E-state index is 0.202. The van der Waals surface area contributed by atoms with Crippen LogP contribution >= 0.6 is 0 Å². The molecule has 0 amide bonds. The number of rotatable bonds is 5. The van der Waals surface area contributed by atoms with E-state index in [4.69, 9.17) is 4.74 Å². The van der Waals surface area contributed by atoms with E-state index in [1.807, 2.05) is 12.1 Å². The molecule has 0 bridgehead atoms.